The zero-order valence-corrected chi connectivity index (χ0v) is 42.3. The van der Waals surface area contributed by atoms with Crippen LogP contribution in [0.1, 0.15) is 26.3 Å². The van der Waals surface area contributed by atoms with E-state index >= 15 is 0 Å². The Labute approximate surface area is 430 Å². The van der Waals surface area contributed by atoms with E-state index in [4.69, 9.17) is 9.72 Å². The molecule has 12 aromatic rings. The van der Waals surface area contributed by atoms with Gasteiger partial charge in [0.05, 0.1) is 0 Å². The molecular weight excluding hydrogens is 1060 g/mol. The van der Waals surface area contributed by atoms with E-state index in [9.17, 15) is 0 Å². The summed E-state index contributed by atoms with van der Waals surface area (Å²) in [6.07, 6.45) is 0. The normalized spacial score (nSPS) is 12.4. The second-order valence-electron chi connectivity index (χ2n) is 19.5. The van der Waals surface area contributed by atoms with Crippen LogP contribution in [-0.2, 0) is 24.8 Å². The monoisotopic (exact) mass is 1110 g/mol. The van der Waals surface area contributed by atoms with Crippen molar-refractivity contribution in [1.29, 1.82) is 0 Å². The standard InChI is InChI=1S/C64H48BN5O.Pt/c1-64(2,3)48-40-46(44-21-7-4-8-22-44)39-47(41-48)53-31-18-30-52(45-23-9-5-10-24-45)62(53)68-43-67(57-34-15-16-35-58(57)68)50-27-17-28-51(42-50)71-61-38-20-37-60(66-61)69-59-36-19-32-55-54-29-13-14-33-56(54)70(63(55)59)65(69)49-25-11-6-12-26-49;/h4-42H,1-3H3;. The van der Waals surface area contributed by atoms with Gasteiger partial charge in [-0.05, 0) is 6.07 Å². The zero-order valence-electron chi connectivity index (χ0n) is 40.1. The first-order chi connectivity index (χ1) is 35.3. The molecule has 1 aliphatic rings. The van der Waals surface area contributed by atoms with Crippen molar-refractivity contribution in [2.24, 2.45) is 0 Å². The Morgan fingerprint density at radius 1 is 0.486 bits per heavy atom. The summed E-state index contributed by atoms with van der Waals surface area (Å²) in [6, 6.07) is 84.5. The molecule has 0 spiro atoms. The molecule has 0 amide bonds. The number of ether oxygens (including phenoxy) is 1. The molecule has 4 heterocycles. The van der Waals surface area contributed by atoms with Gasteiger partial charge >= 0.3 is 350 Å². The molecule has 1 aliphatic heterocycles. The first-order valence-electron chi connectivity index (χ1n) is 24.5. The maximum absolute atomic E-state index is 6.80. The van der Waals surface area contributed by atoms with E-state index in [2.05, 4.69) is 277 Å². The number of benzene rings is 9. The molecule has 9 aromatic carbocycles. The number of para-hydroxylation sites is 5. The van der Waals surface area contributed by atoms with Gasteiger partial charge in [0.15, 0.2) is 0 Å². The fourth-order valence-electron chi connectivity index (χ4n) is 10.8. The van der Waals surface area contributed by atoms with E-state index in [1.54, 1.807) is 0 Å². The van der Waals surface area contributed by atoms with Crippen molar-refractivity contribution in [3.05, 3.63) is 246 Å². The molecule has 0 radical (unpaired) electrons. The van der Waals surface area contributed by atoms with Crippen LogP contribution in [0.25, 0.3) is 77.6 Å². The molecule has 0 atom stereocenters. The topological polar surface area (TPSA) is 40.1 Å². The average molecular weight is 1110 g/mol. The van der Waals surface area contributed by atoms with Crippen molar-refractivity contribution >= 4 is 56.8 Å². The van der Waals surface area contributed by atoms with Crippen LogP contribution >= 0.6 is 0 Å². The van der Waals surface area contributed by atoms with Gasteiger partial charge in [0.1, 0.15) is 0 Å². The summed E-state index contributed by atoms with van der Waals surface area (Å²) in [7, 11) is 0. The fraction of sp³-hybridized carbons (Fsp3) is 0.0625. The molecule has 3 aromatic heterocycles. The summed E-state index contributed by atoms with van der Waals surface area (Å²) < 4.78 is 15.1. The fourth-order valence-corrected chi connectivity index (χ4v) is 11.8. The number of fused-ring (bicyclic) bond motifs is 4. The van der Waals surface area contributed by atoms with Crippen LogP contribution in [0.3, 0.4) is 0 Å². The van der Waals surface area contributed by atoms with Gasteiger partial charge in [-0.15, -0.1) is 0 Å². The van der Waals surface area contributed by atoms with E-state index < -0.39 is 0 Å². The van der Waals surface area contributed by atoms with Crippen LogP contribution in [0.2, 0.25) is 0 Å². The molecule has 6 nitrogen and oxygen atoms in total. The van der Waals surface area contributed by atoms with Gasteiger partial charge in [-0.25, -0.2) is 0 Å². The molecule has 0 unspecified atom stereocenters. The van der Waals surface area contributed by atoms with E-state index in [1.807, 2.05) is 18.2 Å². The SMILES string of the molecule is CC(C)(C)c1cc(-c2ccccc2)cc(-c2cccc(-c3ccccc3)c2-n2[c](=[Pt])n(-c3cccc(Oc4cccc(N5B(c6ccccc6)n6c7ccccc7c7cccc5c76)n4)c3)c3ccccc32)c1. The summed E-state index contributed by atoms with van der Waals surface area (Å²) in [5, 5.41) is 2.48. The molecule has 0 bridgehead atoms. The van der Waals surface area contributed by atoms with Gasteiger partial charge < -0.3 is 0 Å². The first-order valence-corrected chi connectivity index (χ1v) is 25.6. The number of pyridine rings is 1. The van der Waals surface area contributed by atoms with Crippen LogP contribution in [0.4, 0.5) is 11.5 Å². The first kappa shape index (κ1) is 43.7. The second-order valence-corrected chi connectivity index (χ2v) is 20.5. The number of imidazole rings is 1. The molecule has 72 heavy (non-hydrogen) atoms. The minimum absolute atomic E-state index is 0.0757. The Balaban J connectivity index is 0.931. The molecule has 0 fully saturated rings. The van der Waals surface area contributed by atoms with Crippen molar-refractivity contribution in [3.8, 4) is 56.4 Å². The second kappa shape index (κ2) is 17.6. The number of nitrogens with zero attached hydrogens (tertiary/aromatic N) is 5. The van der Waals surface area contributed by atoms with Crippen LogP contribution in [0, 0.1) is 3.80 Å². The van der Waals surface area contributed by atoms with Gasteiger partial charge in [-0.1, -0.05) is 60.7 Å². The van der Waals surface area contributed by atoms with E-state index in [-0.39, 0.29) is 12.4 Å². The van der Waals surface area contributed by atoms with Crippen molar-refractivity contribution in [2.75, 3.05) is 4.81 Å². The molecule has 13 rings (SSSR count). The third-order valence-electron chi connectivity index (χ3n) is 14.1. The average Bonchev–Trinajstić information content (AvgIpc) is 4.06. The van der Waals surface area contributed by atoms with Crippen molar-refractivity contribution < 1.29 is 24.1 Å². The Hall–Kier alpha value is -8.25. The Morgan fingerprint density at radius 2 is 1.08 bits per heavy atom. The number of hydrogen-bond donors (Lipinski definition) is 0. The van der Waals surface area contributed by atoms with E-state index in [0.717, 1.165) is 54.4 Å². The summed E-state index contributed by atoms with van der Waals surface area (Å²) in [5.41, 5.74) is 17.2. The zero-order chi connectivity index (χ0) is 48.5. The van der Waals surface area contributed by atoms with Gasteiger partial charge in [0, 0.05) is 16.3 Å². The number of aromatic nitrogens is 4. The van der Waals surface area contributed by atoms with E-state index in [1.165, 1.54) is 49.5 Å². The quantitative estimate of drug-likeness (QED) is 0.135. The Bertz CT molecular complexity index is 4100. The Morgan fingerprint density at radius 3 is 1.83 bits per heavy atom. The Kier molecular flexibility index (Phi) is 10.7. The predicted molar refractivity (Wildman–Crippen MR) is 294 cm³/mol. The third-order valence-corrected chi connectivity index (χ3v) is 15.1. The van der Waals surface area contributed by atoms with Crippen molar-refractivity contribution in [1.82, 2.24) is 18.6 Å². The van der Waals surface area contributed by atoms with Gasteiger partial charge in [0.2, 0.25) is 0 Å². The summed E-state index contributed by atoms with van der Waals surface area (Å²) in [6.45, 7) is 6.75. The number of anilines is 2. The minimum atomic E-state index is -0.145. The summed E-state index contributed by atoms with van der Waals surface area (Å²) in [4.78, 5) is 7.62. The van der Waals surface area contributed by atoms with Gasteiger partial charge in [-0.2, -0.15) is 0 Å². The van der Waals surface area contributed by atoms with Crippen LogP contribution in [0.15, 0.2) is 237 Å². The third kappa shape index (κ3) is 7.38. The van der Waals surface area contributed by atoms with Crippen molar-refractivity contribution in [2.45, 2.75) is 26.2 Å². The van der Waals surface area contributed by atoms with Crippen LogP contribution in [-0.4, -0.2) is 25.6 Å². The number of rotatable bonds is 9. The maximum atomic E-state index is 6.80. The molecule has 0 aliphatic carbocycles. The van der Waals surface area contributed by atoms with Crippen LogP contribution < -0.4 is 15.0 Å². The molecular formula is C64H48BN5OPt. The molecule has 348 valence electrons. The molecule has 0 saturated heterocycles. The van der Waals surface area contributed by atoms with Gasteiger partial charge in [-0.3, -0.25) is 0 Å². The number of hydrogen-bond acceptors (Lipinski definition) is 3. The van der Waals surface area contributed by atoms with Gasteiger partial charge in [0.25, 0.3) is 0 Å². The van der Waals surface area contributed by atoms with Crippen LogP contribution in [0.5, 0.6) is 11.6 Å². The van der Waals surface area contributed by atoms with E-state index in [0.29, 0.717) is 11.6 Å². The summed E-state index contributed by atoms with van der Waals surface area (Å²) >= 11 is 2.53. The molecule has 0 saturated carbocycles. The molecule has 8 heteroatoms. The summed E-state index contributed by atoms with van der Waals surface area (Å²) in [5.74, 6) is 2.01. The predicted octanol–water partition coefficient (Wildman–Crippen LogP) is 15.5. The molecule has 0 N–H and O–H groups in total. The van der Waals surface area contributed by atoms with Crippen molar-refractivity contribution in [3.63, 3.8) is 0 Å².